The lowest BCUT2D eigenvalue weighted by atomic mass is 10.2. The summed E-state index contributed by atoms with van der Waals surface area (Å²) in [6, 6.07) is 7.11. The van der Waals surface area contributed by atoms with E-state index < -0.39 is 0 Å². The maximum Gasteiger partial charge on any atom is 0.322 e. The molecule has 1 atom stereocenters. The molecule has 0 unspecified atom stereocenters. The SMILES string of the molecule is CC(C)(C)Oc1ccc(NC(=O)N2CCC[C@H]2CO)cc1. The van der Waals surface area contributed by atoms with E-state index in [1.54, 1.807) is 4.90 Å². The van der Waals surface area contributed by atoms with Gasteiger partial charge in [-0.1, -0.05) is 0 Å². The Hall–Kier alpha value is -1.75. The number of urea groups is 1. The highest BCUT2D eigenvalue weighted by atomic mass is 16.5. The Morgan fingerprint density at radius 1 is 1.38 bits per heavy atom. The number of amides is 2. The van der Waals surface area contributed by atoms with E-state index in [0.717, 1.165) is 24.3 Å². The van der Waals surface area contributed by atoms with Gasteiger partial charge in [-0.15, -0.1) is 0 Å². The summed E-state index contributed by atoms with van der Waals surface area (Å²) >= 11 is 0. The zero-order chi connectivity index (χ0) is 15.5. The third-order valence-electron chi connectivity index (χ3n) is 3.38. The lowest BCUT2D eigenvalue weighted by Gasteiger charge is -2.24. The number of likely N-dealkylation sites (tertiary alicyclic amines) is 1. The molecule has 1 aliphatic heterocycles. The molecule has 2 rings (SSSR count). The molecule has 1 saturated heterocycles. The third kappa shape index (κ3) is 4.36. The first-order valence-electron chi connectivity index (χ1n) is 7.36. The minimum Gasteiger partial charge on any atom is -0.488 e. The highest BCUT2D eigenvalue weighted by Crippen LogP contribution is 2.22. The molecule has 2 N–H and O–H groups in total. The largest absolute Gasteiger partial charge is 0.488 e. The maximum atomic E-state index is 12.2. The van der Waals surface area contributed by atoms with Gasteiger partial charge in [0.25, 0.3) is 0 Å². The van der Waals surface area contributed by atoms with Gasteiger partial charge in [0, 0.05) is 12.2 Å². The number of benzene rings is 1. The average molecular weight is 292 g/mol. The van der Waals surface area contributed by atoms with Gasteiger partial charge in [0.2, 0.25) is 0 Å². The smallest absolute Gasteiger partial charge is 0.322 e. The van der Waals surface area contributed by atoms with Crippen molar-refractivity contribution in [2.45, 2.75) is 45.3 Å². The van der Waals surface area contributed by atoms with E-state index in [0.29, 0.717) is 6.54 Å². The normalized spacial score (nSPS) is 18.7. The minimum atomic E-state index is -0.241. The molecule has 0 radical (unpaired) electrons. The van der Waals surface area contributed by atoms with Gasteiger partial charge in [-0.05, 0) is 57.9 Å². The second kappa shape index (κ2) is 6.35. The number of carbonyl (C=O) groups is 1. The Morgan fingerprint density at radius 3 is 2.62 bits per heavy atom. The van der Waals surface area contributed by atoms with Gasteiger partial charge in [-0.3, -0.25) is 0 Å². The summed E-state index contributed by atoms with van der Waals surface area (Å²) in [7, 11) is 0. The van der Waals surface area contributed by atoms with Crippen LogP contribution in [-0.2, 0) is 0 Å². The Bertz CT molecular complexity index is 479. The molecule has 1 heterocycles. The van der Waals surface area contributed by atoms with Crippen molar-refractivity contribution in [2.75, 3.05) is 18.5 Å². The highest BCUT2D eigenvalue weighted by Gasteiger charge is 2.27. The van der Waals surface area contributed by atoms with E-state index in [1.165, 1.54) is 0 Å². The van der Waals surface area contributed by atoms with Gasteiger partial charge in [-0.2, -0.15) is 0 Å². The summed E-state index contributed by atoms with van der Waals surface area (Å²) in [5.74, 6) is 0.773. The van der Waals surface area contributed by atoms with E-state index in [2.05, 4.69) is 5.32 Å². The number of anilines is 1. The molecule has 1 fully saturated rings. The van der Waals surface area contributed by atoms with E-state index in [9.17, 15) is 9.90 Å². The second-order valence-electron chi connectivity index (χ2n) is 6.34. The summed E-state index contributed by atoms with van der Waals surface area (Å²) in [4.78, 5) is 13.9. The predicted molar refractivity (Wildman–Crippen MR) is 82.7 cm³/mol. The molecule has 1 aromatic rings. The Morgan fingerprint density at radius 2 is 2.05 bits per heavy atom. The number of hydrogen-bond donors (Lipinski definition) is 2. The molecule has 0 spiro atoms. The van der Waals surface area contributed by atoms with Gasteiger partial charge < -0.3 is 20.1 Å². The van der Waals surface area contributed by atoms with Crippen LogP contribution in [0.3, 0.4) is 0 Å². The molecule has 21 heavy (non-hydrogen) atoms. The minimum absolute atomic E-state index is 0.0196. The van der Waals surface area contributed by atoms with Crippen LogP contribution < -0.4 is 10.1 Å². The third-order valence-corrected chi connectivity index (χ3v) is 3.38. The van der Waals surface area contributed by atoms with E-state index in [-0.39, 0.29) is 24.3 Å². The zero-order valence-electron chi connectivity index (χ0n) is 12.9. The van der Waals surface area contributed by atoms with Gasteiger partial charge in [0.1, 0.15) is 11.4 Å². The van der Waals surface area contributed by atoms with E-state index >= 15 is 0 Å². The molecular formula is C16H24N2O3. The molecule has 0 bridgehead atoms. The van der Waals surface area contributed by atoms with Gasteiger partial charge in [-0.25, -0.2) is 4.79 Å². The summed E-state index contributed by atoms with van der Waals surface area (Å²) in [5.41, 5.74) is 0.485. The fourth-order valence-corrected chi connectivity index (χ4v) is 2.45. The van der Waals surface area contributed by atoms with E-state index in [4.69, 9.17) is 4.74 Å². The van der Waals surface area contributed by atoms with Crippen LogP contribution in [0.25, 0.3) is 0 Å². The molecule has 0 aromatic heterocycles. The molecule has 116 valence electrons. The number of nitrogens with one attached hydrogen (secondary N) is 1. The van der Waals surface area contributed by atoms with Crippen molar-refractivity contribution in [2.24, 2.45) is 0 Å². The van der Waals surface area contributed by atoms with Crippen molar-refractivity contribution >= 4 is 11.7 Å². The number of rotatable bonds is 3. The zero-order valence-corrected chi connectivity index (χ0v) is 12.9. The molecule has 0 saturated carbocycles. The Labute approximate surface area is 125 Å². The van der Waals surface area contributed by atoms with Gasteiger partial charge in [0.15, 0.2) is 0 Å². The van der Waals surface area contributed by atoms with Crippen molar-refractivity contribution in [1.29, 1.82) is 0 Å². The first-order chi connectivity index (χ1) is 9.89. The average Bonchev–Trinajstić information content (AvgIpc) is 2.87. The van der Waals surface area contributed by atoms with Crippen LogP contribution in [0.5, 0.6) is 5.75 Å². The first kappa shape index (κ1) is 15.6. The summed E-state index contributed by atoms with van der Waals surface area (Å²) in [6.07, 6.45) is 1.80. The Kier molecular flexibility index (Phi) is 4.73. The highest BCUT2D eigenvalue weighted by molar-refractivity contribution is 5.89. The number of ether oxygens (including phenoxy) is 1. The standard InChI is InChI=1S/C16H24N2O3/c1-16(2,3)21-14-8-6-12(7-9-14)17-15(20)18-10-4-5-13(18)11-19/h6-9,13,19H,4-5,10-11H2,1-3H3,(H,17,20)/t13-/m0/s1. The molecule has 1 aliphatic rings. The number of aliphatic hydroxyl groups excluding tert-OH is 1. The van der Waals surface area contributed by atoms with Gasteiger partial charge in [0.05, 0.1) is 12.6 Å². The van der Waals surface area contributed by atoms with Crippen molar-refractivity contribution in [1.82, 2.24) is 4.90 Å². The number of carbonyl (C=O) groups excluding carboxylic acids is 1. The van der Waals surface area contributed by atoms with Crippen LogP contribution in [0.1, 0.15) is 33.6 Å². The van der Waals surface area contributed by atoms with Crippen LogP contribution in [0.15, 0.2) is 24.3 Å². The van der Waals surface area contributed by atoms with Crippen molar-refractivity contribution < 1.29 is 14.6 Å². The Balaban J connectivity index is 1.95. The van der Waals surface area contributed by atoms with Gasteiger partial charge >= 0.3 is 6.03 Å². The molecule has 0 aliphatic carbocycles. The number of hydrogen-bond acceptors (Lipinski definition) is 3. The maximum absolute atomic E-state index is 12.2. The fraction of sp³-hybridized carbons (Fsp3) is 0.562. The van der Waals surface area contributed by atoms with Crippen LogP contribution in [0, 0.1) is 0 Å². The van der Waals surface area contributed by atoms with Crippen LogP contribution in [0.4, 0.5) is 10.5 Å². The second-order valence-corrected chi connectivity index (χ2v) is 6.34. The topological polar surface area (TPSA) is 61.8 Å². The molecular weight excluding hydrogens is 268 g/mol. The van der Waals surface area contributed by atoms with Crippen LogP contribution in [-0.4, -0.2) is 40.8 Å². The molecule has 1 aromatic carbocycles. The molecule has 2 amide bonds. The molecule has 5 nitrogen and oxygen atoms in total. The number of aliphatic hydroxyl groups is 1. The monoisotopic (exact) mass is 292 g/mol. The van der Waals surface area contributed by atoms with Crippen LogP contribution >= 0.6 is 0 Å². The quantitative estimate of drug-likeness (QED) is 0.900. The first-order valence-corrected chi connectivity index (χ1v) is 7.36. The van der Waals surface area contributed by atoms with Crippen LogP contribution in [0.2, 0.25) is 0 Å². The lowest BCUT2D eigenvalue weighted by molar-refractivity contribution is 0.131. The lowest BCUT2D eigenvalue weighted by Crippen LogP contribution is -2.40. The van der Waals surface area contributed by atoms with E-state index in [1.807, 2.05) is 45.0 Å². The fourth-order valence-electron chi connectivity index (χ4n) is 2.45. The predicted octanol–water partition coefficient (Wildman–Crippen LogP) is 2.85. The summed E-state index contributed by atoms with van der Waals surface area (Å²) in [5, 5.41) is 12.1. The summed E-state index contributed by atoms with van der Waals surface area (Å²) in [6.45, 7) is 6.69. The van der Waals surface area contributed by atoms with Crippen molar-refractivity contribution in [3.05, 3.63) is 24.3 Å². The summed E-state index contributed by atoms with van der Waals surface area (Å²) < 4.78 is 5.74. The van der Waals surface area contributed by atoms with Crippen molar-refractivity contribution in [3.8, 4) is 5.75 Å². The number of nitrogens with zero attached hydrogens (tertiary/aromatic N) is 1. The molecule has 5 heteroatoms. The van der Waals surface area contributed by atoms with Crippen molar-refractivity contribution in [3.63, 3.8) is 0 Å².